The molecule has 0 heterocycles. The van der Waals surface area contributed by atoms with E-state index in [1.54, 1.807) is 41.3 Å². The number of anilines is 1. The van der Waals surface area contributed by atoms with Gasteiger partial charge in [-0.25, -0.2) is 0 Å². The Morgan fingerprint density at radius 2 is 1.68 bits per heavy atom. The fourth-order valence-corrected chi connectivity index (χ4v) is 2.61. The standard InChI is InChI=1S/C20H21ClN2O2/c1-3-23(4-2)20(25)16-10-6-8-12-18(16)22-19(24)14-13-15-9-5-7-11-17(15)21/h5-14H,3-4H2,1-2H3,(H,22,24)/b14-13+. The third kappa shape index (κ3) is 4.94. The molecule has 0 fully saturated rings. The van der Waals surface area contributed by atoms with Gasteiger partial charge in [0, 0.05) is 24.2 Å². The highest BCUT2D eigenvalue weighted by Crippen LogP contribution is 2.19. The van der Waals surface area contributed by atoms with Crippen molar-refractivity contribution in [3.8, 4) is 0 Å². The summed E-state index contributed by atoms with van der Waals surface area (Å²) in [5, 5.41) is 3.34. The molecular weight excluding hydrogens is 336 g/mol. The first kappa shape index (κ1) is 18.7. The van der Waals surface area contributed by atoms with Crippen LogP contribution >= 0.6 is 11.6 Å². The van der Waals surface area contributed by atoms with Gasteiger partial charge in [-0.15, -0.1) is 0 Å². The van der Waals surface area contributed by atoms with Crippen LogP contribution in [0.15, 0.2) is 54.6 Å². The number of hydrogen-bond acceptors (Lipinski definition) is 2. The van der Waals surface area contributed by atoms with Gasteiger partial charge in [0.05, 0.1) is 11.3 Å². The summed E-state index contributed by atoms with van der Waals surface area (Å²) in [6.45, 7) is 5.08. The fraction of sp³-hybridized carbons (Fsp3) is 0.200. The highest BCUT2D eigenvalue weighted by atomic mass is 35.5. The quantitative estimate of drug-likeness (QED) is 0.776. The average Bonchev–Trinajstić information content (AvgIpc) is 2.62. The molecule has 0 radical (unpaired) electrons. The van der Waals surface area contributed by atoms with E-state index in [0.29, 0.717) is 29.4 Å². The predicted molar refractivity (Wildman–Crippen MR) is 103 cm³/mol. The number of benzene rings is 2. The first-order valence-corrected chi connectivity index (χ1v) is 8.56. The molecule has 0 aliphatic rings. The van der Waals surface area contributed by atoms with Crippen molar-refractivity contribution in [3.63, 3.8) is 0 Å². The minimum Gasteiger partial charge on any atom is -0.339 e. The maximum absolute atomic E-state index is 12.6. The van der Waals surface area contributed by atoms with Crippen molar-refractivity contribution in [2.75, 3.05) is 18.4 Å². The van der Waals surface area contributed by atoms with Gasteiger partial charge in [0.15, 0.2) is 0 Å². The second-order valence-electron chi connectivity index (χ2n) is 5.37. The zero-order valence-corrected chi connectivity index (χ0v) is 15.1. The van der Waals surface area contributed by atoms with E-state index in [-0.39, 0.29) is 11.8 Å². The summed E-state index contributed by atoms with van der Waals surface area (Å²) < 4.78 is 0. The summed E-state index contributed by atoms with van der Waals surface area (Å²) in [6.07, 6.45) is 3.05. The molecule has 2 aromatic rings. The van der Waals surface area contributed by atoms with E-state index in [2.05, 4.69) is 5.32 Å². The first-order valence-electron chi connectivity index (χ1n) is 8.18. The first-order chi connectivity index (χ1) is 12.1. The van der Waals surface area contributed by atoms with Gasteiger partial charge >= 0.3 is 0 Å². The number of nitrogens with one attached hydrogen (secondary N) is 1. The molecule has 2 rings (SSSR count). The third-order valence-electron chi connectivity index (χ3n) is 3.79. The van der Waals surface area contributed by atoms with Crippen molar-refractivity contribution in [1.29, 1.82) is 0 Å². The van der Waals surface area contributed by atoms with E-state index >= 15 is 0 Å². The van der Waals surface area contributed by atoms with Gasteiger partial charge in [-0.05, 0) is 43.7 Å². The molecule has 0 atom stereocenters. The fourth-order valence-electron chi connectivity index (χ4n) is 2.41. The molecule has 0 spiro atoms. The van der Waals surface area contributed by atoms with Crippen LogP contribution in [0.4, 0.5) is 5.69 Å². The number of carbonyl (C=O) groups excluding carboxylic acids is 2. The van der Waals surface area contributed by atoms with Gasteiger partial charge < -0.3 is 10.2 Å². The van der Waals surface area contributed by atoms with Gasteiger partial charge in [0.1, 0.15) is 0 Å². The van der Waals surface area contributed by atoms with Crippen molar-refractivity contribution in [2.24, 2.45) is 0 Å². The molecule has 0 saturated carbocycles. The van der Waals surface area contributed by atoms with E-state index in [1.165, 1.54) is 6.08 Å². The predicted octanol–water partition coefficient (Wildman–Crippen LogP) is 4.47. The molecular formula is C20H21ClN2O2. The van der Waals surface area contributed by atoms with Crippen LogP contribution in [0.25, 0.3) is 6.08 Å². The van der Waals surface area contributed by atoms with Crippen molar-refractivity contribution in [3.05, 3.63) is 70.8 Å². The molecule has 2 aromatic carbocycles. The second-order valence-corrected chi connectivity index (χ2v) is 5.77. The minimum absolute atomic E-state index is 0.101. The Balaban J connectivity index is 2.16. The molecule has 1 N–H and O–H groups in total. The van der Waals surface area contributed by atoms with Gasteiger partial charge in [0.25, 0.3) is 5.91 Å². The number of hydrogen-bond donors (Lipinski definition) is 1. The van der Waals surface area contributed by atoms with E-state index < -0.39 is 0 Å². The Labute approximate surface area is 153 Å². The van der Waals surface area contributed by atoms with Crippen LogP contribution in [-0.4, -0.2) is 29.8 Å². The highest BCUT2D eigenvalue weighted by Gasteiger charge is 2.16. The summed E-state index contributed by atoms with van der Waals surface area (Å²) in [6, 6.07) is 14.3. The van der Waals surface area contributed by atoms with E-state index in [0.717, 1.165) is 5.56 Å². The molecule has 25 heavy (non-hydrogen) atoms. The smallest absolute Gasteiger partial charge is 0.255 e. The molecule has 0 aliphatic carbocycles. The van der Waals surface area contributed by atoms with Crippen LogP contribution in [0.5, 0.6) is 0 Å². The highest BCUT2D eigenvalue weighted by molar-refractivity contribution is 6.32. The Morgan fingerprint density at radius 1 is 1.04 bits per heavy atom. The monoisotopic (exact) mass is 356 g/mol. The number of halogens is 1. The second kappa shape index (κ2) is 9.04. The normalized spacial score (nSPS) is 10.7. The lowest BCUT2D eigenvalue weighted by Gasteiger charge is -2.20. The van der Waals surface area contributed by atoms with Crippen LogP contribution in [0.1, 0.15) is 29.8 Å². The Kier molecular flexibility index (Phi) is 6.78. The van der Waals surface area contributed by atoms with Crippen LogP contribution < -0.4 is 5.32 Å². The van der Waals surface area contributed by atoms with Crippen molar-refractivity contribution in [1.82, 2.24) is 4.90 Å². The number of carbonyl (C=O) groups is 2. The van der Waals surface area contributed by atoms with Crippen LogP contribution in [-0.2, 0) is 4.79 Å². The average molecular weight is 357 g/mol. The molecule has 4 nitrogen and oxygen atoms in total. The molecule has 0 bridgehead atoms. The topological polar surface area (TPSA) is 49.4 Å². The van der Waals surface area contributed by atoms with E-state index in [9.17, 15) is 9.59 Å². The number of rotatable bonds is 6. The van der Waals surface area contributed by atoms with E-state index in [4.69, 9.17) is 11.6 Å². The SMILES string of the molecule is CCN(CC)C(=O)c1ccccc1NC(=O)/C=C/c1ccccc1Cl. The van der Waals surface area contributed by atoms with Crippen molar-refractivity contribution < 1.29 is 9.59 Å². The van der Waals surface area contributed by atoms with Crippen LogP contribution in [0.3, 0.4) is 0 Å². The van der Waals surface area contributed by atoms with Gasteiger partial charge in [0.2, 0.25) is 5.91 Å². The van der Waals surface area contributed by atoms with E-state index in [1.807, 2.05) is 32.0 Å². The molecule has 5 heteroatoms. The molecule has 0 saturated heterocycles. The summed E-state index contributed by atoms with van der Waals surface area (Å²) in [4.78, 5) is 26.5. The maximum Gasteiger partial charge on any atom is 0.255 e. The summed E-state index contributed by atoms with van der Waals surface area (Å²) in [7, 11) is 0. The third-order valence-corrected chi connectivity index (χ3v) is 4.13. The Morgan fingerprint density at radius 3 is 2.36 bits per heavy atom. The van der Waals surface area contributed by atoms with Gasteiger partial charge in [-0.2, -0.15) is 0 Å². The Hall–Kier alpha value is -2.59. The molecule has 0 unspecified atom stereocenters. The lowest BCUT2D eigenvalue weighted by Crippen LogP contribution is -2.31. The Bertz CT molecular complexity index is 783. The van der Waals surface area contributed by atoms with Crippen LogP contribution in [0.2, 0.25) is 5.02 Å². The molecule has 130 valence electrons. The lowest BCUT2D eigenvalue weighted by molar-refractivity contribution is -0.111. The summed E-state index contributed by atoms with van der Waals surface area (Å²) >= 11 is 6.07. The number of nitrogens with zero attached hydrogens (tertiary/aromatic N) is 1. The lowest BCUT2D eigenvalue weighted by atomic mass is 10.1. The number of para-hydroxylation sites is 1. The van der Waals surface area contributed by atoms with Gasteiger partial charge in [-0.1, -0.05) is 41.9 Å². The number of amides is 2. The molecule has 0 aromatic heterocycles. The summed E-state index contributed by atoms with van der Waals surface area (Å²) in [5.74, 6) is -0.421. The molecule has 0 aliphatic heterocycles. The van der Waals surface area contributed by atoms with Gasteiger partial charge in [-0.3, -0.25) is 9.59 Å². The zero-order valence-electron chi connectivity index (χ0n) is 14.3. The van der Waals surface area contributed by atoms with Crippen molar-refractivity contribution >= 4 is 35.2 Å². The minimum atomic E-state index is -0.320. The molecule has 2 amide bonds. The van der Waals surface area contributed by atoms with Crippen LogP contribution in [0, 0.1) is 0 Å². The van der Waals surface area contributed by atoms with Crippen molar-refractivity contribution in [2.45, 2.75) is 13.8 Å². The largest absolute Gasteiger partial charge is 0.339 e. The zero-order chi connectivity index (χ0) is 18.2. The maximum atomic E-state index is 12.6. The summed E-state index contributed by atoms with van der Waals surface area (Å²) in [5.41, 5.74) is 1.73.